The molecule has 1 N–H and O–H groups in total. The molecular weight excluding hydrogens is 280 g/mol. The van der Waals surface area contributed by atoms with Gasteiger partial charge in [0.15, 0.2) is 0 Å². The average Bonchev–Trinajstić information content (AvgIpc) is 2.52. The summed E-state index contributed by atoms with van der Waals surface area (Å²) in [4.78, 5) is 4.78. The molecule has 0 bridgehead atoms. The zero-order valence-electron chi connectivity index (χ0n) is 12.9. The van der Waals surface area contributed by atoms with E-state index in [-0.39, 0.29) is 0 Å². The summed E-state index contributed by atoms with van der Waals surface area (Å²) >= 11 is 1.94. The molecule has 1 heterocycles. The number of nitrogens with one attached hydrogen (secondary N) is 1. The molecule has 0 amide bonds. The highest BCUT2D eigenvalue weighted by Crippen LogP contribution is 2.24. The maximum atomic E-state index is 5.09. The van der Waals surface area contributed by atoms with E-state index >= 15 is 0 Å². The summed E-state index contributed by atoms with van der Waals surface area (Å²) in [6.07, 6.45) is 2.20. The maximum Gasteiger partial charge on any atom is 0.130 e. The highest BCUT2D eigenvalue weighted by molar-refractivity contribution is 7.98. The summed E-state index contributed by atoms with van der Waals surface area (Å²) in [7, 11) is 1.75. The number of anilines is 1. The molecule has 0 aliphatic rings. The van der Waals surface area contributed by atoms with Crippen LogP contribution in [0.3, 0.4) is 0 Å². The minimum Gasteiger partial charge on any atom is -0.385 e. The Bertz CT molecular complexity index is 559. The molecule has 0 unspecified atom stereocenters. The first-order valence-corrected chi connectivity index (χ1v) is 8.70. The fraction of sp³-hybridized carbons (Fsp3) is 0.471. The second kappa shape index (κ2) is 8.90. The largest absolute Gasteiger partial charge is 0.385 e. The number of ether oxygens (including phenoxy) is 1. The van der Waals surface area contributed by atoms with Crippen LogP contribution < -0.4 is 5.32 Å². The van der Waals surface area contributed by atoms with E-state index in [1.165, 1.54) is 10.9 Å². The fourth-order valence-electron chi connectivity index (χ4n) is 2.15. The second-order valence-corrected chi connectivity index (χ2v) is 6.12. The Balaban J connectivity index is 2.10. The lowest BCUT2D eigenvalue weighted by Gasteiger charge is -2.12. The van der Waals surface area contributed by atoms with Crippen LogP contribution in [-0.4, -0.2) is 31.0 Å². The van der Waals surface area contributed by atoms with Crippen LogP contribution in [0.25, 0.3) is 10.9 Å². The molecule has 21 heavy (non-hydrogen) atoms. The molecule has 0 spiro atoms. The number of para-hydroxylation sites is 1. The van der Waals surface area contributed by atoms with Crippen molar-refractivity contribution in [1.29, 1.82) is 0 Å². The van der Waals surface area contributed by atoms with Crippen LogP contribution in [0.1, 0.15) is 25.3 Å². The summed E-state index contributed by atoms with van der Waals surface area (Å²) in [5.74, 6) is 3.15. The first-order valence-electron chi connectivity index (χ1n) is 7.54. The minimum atomic E-state index is 0.837. The predicted octanol–water partition coefficient (Wildman–Crippen LogP) is 4.33. The van der Waals surface area contributed by atoms with Crippen LogP contribution in [0.5, 0.6) is 0 Å². The molecule has 1 aromatic heterocycles. The summed E-state index contributed by atoms with van der Waals surface area (Å²) in [5.41, 5.74) is 2.36. The number of methoxy groups -OCH3 is 1. The van der Waals surface area contributed by atoms with Crippen LogP contribution >= 0.6 is 11.8 Å². The van der Waals surface area contributed by atoms with Gasteiger partial charge in [-0.25, -0.2) is 4.98 Å². The molecule has 0 saturated heterocycles. The Kier molecular flexibility index (Phi) is 6.83. The van der Waals surface area contributed by atoms with Gasteiger partial charge in [0, 0.05) is 37.0 Å². The van der Waals surface area contributed by atoms with Gasteiger partial charge in [0.05, 0.1) is 5.52 Å². The van der Waals surface area contributed by atoms with Crippen LogP contribution in [0, 0.1) is 0 Å². The van der Waals surface area contributed by atoms with Gasteiger partial charge in [0.2, 0.25) is 0 Å². The minimum absolute atomic E-state index is 0.837. The van der Waals surface area contributed by atoms with Crippen LogP contribution in [0.2, 0.25) is 0 Å². The van der Waals surface area contributed by atoms with Gasteiger partial charge in [-0.1, -0.05) is 25.1 Å². The molecule has 0 radical (unpaired) electrons. The lowest BCUT2D eigenvalue weighted by atomic mass is 10.1. The number of pyridine rings is 1. The molecule has 4 heteroatoms. The Morgan fingerprint density at radius 3 is 2.95 bits per heavy atom. The molecule has 0 fully saturated rings. The lowest BCUT2D eigenvalue weighted by molar-refractivity contribution is 0.200. The molecule has 3 nitrogen and oxygen atoms in total. The van der Waals surface area contributed by atoms with Crippen molar-refractivity contribution in [3.05, 3.63) is 35.9 Å². The normalized spacial score (nSPS) is 11.0. The second-order valence-electron chi connectivity index (χ2n) is 5.01. The van der Waals surface area contributed by atoms with E-state index in [9.17, 15) is 0 Å². The predicted molar refractivity (Wildman–Crippen MR) is 93.2 cm³/mol. The zero-order valence-corrected chi connectivity index (χ0v) is 13.7. The van der Waals surface area contributed by atoms with Crippen LogP contribution in [-0.2, 0) is 10.5 Å². The number of aromatic nitrogens is 1. The summed E-state index contributed by atoms with van der Waals surface area (Å²) < 4.78 is 5.09. The molecule has 114 valence electrons. The quantitative estimate of drug-likeness (QED) is 0.699. The number of thioether (sulfide) groups is 1. The third kappa shape index (κ3) is 4.90. The average molecular weight is 304 g/mol. The maximum absolute atomic E-state index is 5.09. The fourth-order valence-corrected chi connectivity index (χ4v) is 3.06. The summed E-state index contributed by atoms with van der Waals surface area (Å²) in [5, 5.41) is 4.67. The molecule has 0 saturated carbocycles. The monoisotopic (exact) mass is 304 g/mol. The van der Waals surface area contributed by atoms with E-state index in [1.807, 2.05) is 17.8 Å². The molecule has 0 aliphatic carbocycles. The molecule has 1 aromatic carbocycles. The van der Waals surface area contributed by atoms with E-state index in [0.717, 1.165) is 48.8 Å². The first-order chi connectivity index (χ1) is 10.3. The molecular formula is C17H24N2OS. The van der Waals surface area contributed by atoms with Gasteiger partial charge in [0.25, 0.3) is 0 Å². The van der Waals surface area contributed by atoms with Crippen molar-refractivity contribution >= 4 is 28.5 Å². The van der Waals surface area contributed by atoms with Gasteiger partial charge in [0.1, 0.15) is 5.82 Å². The molecule has 2 aromatic rings. The Labute approximate surface area is 131 Å². The molecule has 0 aliphatic heterocycles. The Hall–Kier alpha value is -1.26. The van der Waals surface area contributed by atoms with Gasteiger partial charge >= 0.3 is 0 Å². The van der Waals surface area contributed by atoms with Gasteiger partial charge in [-0.2, -0.15) is 11.8 Å². The van der Waals surface area contributed by atoms with E-state index in [0.29, 0.717) is 0 Å². The van der Waals surface area contributed by atoms with Crippen molar-refractivity contribution in [1.82, 2.24) is 4.98 Å². The van der Waals surface area contributed by atoms with E-state index in [2.05, 4.69) is 36.5 Å². The number of hydrogen-bond donors (Lipinski definition) is 1. The topological polar surface area (TPSA) is 34.2 Å². The highest BCUT2D eigenvalue weighted by Gasteiger charge is 2.06. The summed E-state index contributed by atoms with van der Waals surface area (Å²) in [6.45, 7) is 3.98. The molecule has 2 rings (SSSR count). The van der Waals surface area contributed by atoms with Crippen LogP contribution in [0.15, 0.2) is 30.3 Å². The van der Waals surface area contributed by atoms with Gasteiger partial charge < -0.3 is 10.1 Å². The van der Waals surface area contributed by atoms with Crippen molar-refractivity contribution < 1.29 is 4.74 Å². The highest BCUT2D eigenvalue weighted by atomic mass is 32.2. The van der Waals surface area contributed by atoms with Crippen LogP contribution in [0.4, 0.5) is 5.82 Å². The number of benzene rings is 1. The van der Waals surface area contributed by atoms with E-state index in [4.69, 9.17) is 9.72 Å². The van der Waals surface area contributed by atoms with Crippen molar-refractivity contribution in [2.24, 2.45) is 0 Å². The third-order valence-electron chi connectivity index (χ3n) is 3.24. The van der Waals surface area contributed by atoms with E-state index < -0.39 is 0 Å². The Morgan fingerprint density at radius 1 is 1.29 bits per heavy atom. The number of rotatable bonds is 9. The number of fused-ring (bicyclic) bond motifs is 1. The lowest BCUT2D eigenvalue weighted by Crippen LogP contribution is -2.05. The van der Waals surface area contributed by atoms with Crippen molar-refractivity contribution in [3.63, 3.8) is 0 Å². The first kappa shape index (κ1) is 16.1. The van der Waals surface area contributed by atoms with Crippen molar-refractivity contribution in [2.45, 2.75) is 25.5 Å². The van der Waals surface area contributed by atoms with Gasteiger partial charge in [-0.05, 0) is 30.7 Å². The number of hydrogen-bond acceptors (Lipinski definition) is 4. The third-order valence-corrected chi connectivity index (χ3v) is 4.33. The van der Waals surface area contributed by atoms with Gasteiger partial charge in [-0.3, -0.25) is 0 Å². The summed E-state index contributed by atoms with van der Waals surface area (Å²) in [6, 6.07) is 10.6. The zero-order chi connectivity index (χ0) is 14.9. The van der Waals surface area contributed by atoms with Crippen molar-refractivity contribution in [3.8, 4) is 0 Å². The SMILES string of the molecule is CCCNc1nc2ccccc2cc1CSCCCOC. The van der Waals surface area contributed by atoms with Gasteiger partial charge in [-0.15, -0.1) is 0 Å². The van der Waals surface area contributed by atoms with E-state index in [1.54, 1.807) is 7.11 Å². The number of nitrogens with zero attached hydrogens (tertiary/aromatic N) is 1. The smallest absolute Gasteiger partial charge is 0.130 e. The standard InChI is InChI=1S/C17H24N2OS/c1-3-9-18-17-15(13-21-11-6-10-20-2)12-14-7-4-5-8-16(14)19-17/h4-5,7-8,12H,3,6,9-11,13H2,1-2H3,(H,18,19). The van der Waals surface area contributed by atoms with Crippen molar-refractivity contribution in [2.75, 3.05) is 31.3 Å². The Morgan fingerprint density at radius 2 is 2.14 bits per heavy atom. The molecule has 0 atom stereocenters.